The second kappa shape index (κ2) is 4.84. The van der Waals surface area contributed by atoms with E-state index in [0.717, 1.165) is 6.42 Å². The van der Waals surface area contributed by atoms with Crippen molar-refractivity contribution < 1.29 is 4.74 Å². The third-order valence-electron chi connectivity index (χ3n) is 2.46. The van der Waals surface area contributed by atoms with Gasteiger partial charge in [-0.05, 0) is 13.8 Å². The van der Waals surface area contributed by atoms with Crippen LogP contribution in [0.2, 0.25) is 0 Å². The van der Waals surface area contributed by atoms with Gasteiger partial charge in [-0.15, -0.1) is 11.3 Å². The van der Waals surface area contributed by atoms with Gasteiger partial charge in [0, 0.05) is 24.6 Å². The van der Waals surface area contributed by atoms with Crippen LogP contribution in [0.5, 0.6) is 0 Å². The molecule has 0 aromatic carbocycles. The van der Waals surface area contributed by atoms with Crippen molar-refractivity contribution in [3.8, 4) is 0 Å². The predicted octanol–water partition coefficient (Wildman–Crippen LogP) is 0.942. The summed E-state index contributed by atoms with van der Waals surface area (Å²) in [4.78, 5) is 5.23. The van der Waals surface area contributed by atoms with Crippen LogP contribution in [0, 0.1) is 0 Å². The van der Waals surface area contributed by atoms with Crippen molar-refractivity contribution in [2.45, 2.75) is 31.9 Å². The SMILES string of the molecule is COC(C)(C)C(Cc1cncs1)NN. The van der Waals surface area contributed by atoms with Crippen LogP contribution in [0.3, 0.4) is 0 Å². The van der Waals surface area contributed by atoms with Crippen LogP contribution in [-0.4, -0.2) is 23.7 Å². The van der Waals surface area contributed by atoms with E-state index in [4.69, 9.17) is 10.6 Å². The molecule has 1 rings (SSSR count). The maximum absolute atomic E-state index is 5.51. The molecule has 1 heterocycles. The normalized spacial score (nSPS) is 14.3. The summed E-state index contributed by atoms with van der Waals surface area (Å²) in [7, 11) is 1.69. The first-order chi connectivity index (χ1) is 6.60. The summed E-state index contributed by atoms with van der Waals surface area (Å²) < 4.78 is 5.38. The molecule has 0 bridgehead atoms. The maximum Gasteiger partial charge on any atom is 0.0794 e. The zero-order valence-corrected chi connectivity index (χ0v) is 9.60. The molecular formula is C9H17N3OS. The number of methoxy groups -OCH3 is 1. The molecule has 0 aliphatic rings. The molecule has 0 saturated heterocycles. The molecule has 5 heteroatoms. The Morgan fingerprint density at radius 1 is 1.71 bits per heavy atom. The first-order valence-corrected chi connectivity index (χ1v) is 5.36. The lowest BCUT2D eigenvalue weighted by Crippen LogP contribution is -2.52. The molecule has 3 N–H and O–H groups in total. The standard InChI is InChI=1S/C9H17N3OS/c1-9(2,13-3)8(12-10)4-7-5-11-6-14-7/h5-6,8,12H,4,10H2,1-3H3. The van der Waals surface area contributed by atoms with Crippen molar-refractivity contribution in [1.29, 1.82) is 0 Å². The Morgan fingerprint density at radius 3 is 2.86 bits per heavy atom. The zero-order valence-electron chi connectivity index (χ0n) is 8.78. The molecule has 4 nitrogen and oxygen atoms in total. The van der Waals surface area contributed by atoms with Crippen LogP contribution in [0.1, 0.15) is 18.7 Å². The van der Waals surface area contributed by atoms with Crippen LogP contribution < -0.4 is 11.3 Å². The van der Waals surface area contributed by atoms with Gasteiger partial charge in [-0.3, -0.25) is 16.3 Å². The number of aromatic nitrogens is 1. The van der Waals surface area contributed by atoms with Crippen LogP contribution in [0.4, 0.5) is 0 Å². The molecule has 1 aromatic rings. The molecule has 0 saturated carbocycles. The molecule has 80 valence electrons. The third kappa shape index (κ3) is 2.75. The minimum Gasteiger partial charge on any atom is -0.377 e. The average molecular weight is 215 g/mol. The van der Waals surface area contributed by atoms with Gasteiger partial charge >= 0.3 is 0 Å². The number of ether oxygens (including phenoxy) is 1. The quantitative estimate of drug-likeness (QED) is 0.567. The van der Waals surface area contributed by atoms with Crippen molar-refractivity contribution in [2.75, 3.05) is 7.11 Å². The zero-order chi connectivity index (χ0) is 10.6. The van der Waals surface area contributed by atoms with Gasteiger partial charge in [-0.1, -0.05) is 0 Å². The summed E-state index contributed by atoms with van der Waals surface area (Å²) in [6, 6.07) is 0.0907. The Morgan fingerprint density at radius 2 is 2.43 bits per heavy atom. The first-order valence-electron chi connectivity index (χ1n) is 4.49. The van der Waals surface area contributed by atoms with E-state index in [0.29, 0.717) is 0 Å². The third-order valence-corrected chi connectivity index (χ3v) is 3.26. The number of rotatable bonds is 5. The minimum absolute atomic E-state index is 0.0907. The molecule has 1 aromatic heterocycles. The number of nitrogens with two attached hydrogens (primary N) is 1. The highest BCUT2D eigenvalue weighted by Crippen LogP contribution is 2.19. The molecular weight excluding hydrogens is 198 g/mol. The summed E-state index contributed by atoms with van der Waals surface area (Å²) in [6.45, 7) is 4.02. The largest absolute Gasteiger partial charge is 0.377 e. The fourth-order valence-corrected chi connectivity index (χ4v) is 1.83. The van der Waals surface area contributed by atoms with Gasteiger partial charge in [0.1, 0.15) is 0 Å². The van der Waals surface area contributed by atoms with Gasteiger partial charge in [0.25, 0.3) is 0 Å². The van der Waals surface area contributed by atoms with E-state index in [9.17, 15) is 0 Å². The fourth-order valence-electron chi connectivity index (χ4n) is 1.19. The molecule has 14 heavy (non-hydrogen) atoms. The van der Waals surface area contributed by atoms with E-state index in [2.05, 4.69) is 10.4 Å². The number of hydrogen-bond acceptors (Lipinski definition) is 5. The van der Waals surface area contributed by atoms with Crippen molar-refractivity contribution in [3.05, 3.63) is 16.6 Å². The number of hydrogen-bond donors (Lipinski definition) is 2. The van der Waals surface area contributed by atoms with Crippen molar-refractivity contribution in [2.24, 2.45) is 5.84 Å². The Labute approximate surface area is 88.5 Å². The summed E-state index contributed by atoms with van der Waals surface area (Å²) in [5.74, 6) is 5.51. The van der Waals surface area contributed by atoms with Crippen molar-refractivity contribution in [1.82, 2.24) is 10.4 Å². The van der Waals surface area contributed by atoms with Crippen molar-refractivity contribution in [3.63, 3.8) is 0 Å². The number of thiazole rings is 1. The summed E-state index contributed by atoms with van der Waals surface area (Å²) in [5.41, 5.74) is 4.33. The minimum atomic E-state index is -0.279. The summed E-state index contributed by atoms with van der Waals surface area (Å²) in [6.07, 6.45) is 2.70. The van der Waals surface area contributed by atoms with Crippen LogP contribution in [-0.2, 0) is 11.2 Å². The first kappa shape index (κ1) is 11.6. The molecule has 0 fully saturated rings. The fraction of sp³-hybridized carbons (Fsp3) is 0.667. The van der Waals surface area contributed by atoms with Crippen LogP contribution in [0.25, 0.3) is 0 Å². The van der Waals surface area contributed by atoms with E-state index < -0.39 is 0 Å². The molecule has 1 atom stereocenters. The predicted molar refractivity (Wildman–Crippen MR) is 58.0 cm³/mol. The Kier molecular flexibility index (Phi) is 4.00. The molecule has 0 aliphatic heterocycles. The van der Waals surface area contributed by atoms with E-state index in [1.54, 1.807) is 18.4 Å². The van der Waals surface area contributed by atoms with Gasteiger partial charge in [-0.2, -0.15) is 0 Å². The molecule has 0 spiro atoms. The van der Waals surface area contributed by atoms with Gasteiger partial charge in [0.2, 0.25) is 0 Å². The van der Waals surface area contributed by atoms with E-state index in [1.165, 1.54) is 4.88 Å². The van der Waals surface area contributed by atoms with E-state index >= 15 is 0 Å². The Balaban J connectivity index is 2.64. The second-order valence-corrected chi connectivity index (χ2v) is 4.67. The van der Waals surface area contributed by atoms with Crippen LogP contribution >= 0.6 is 11.3 Å². The average Bonchev–Trinajstić information content (AvgIpc) is 2.66. The Bertz CT molecular complexity index is 261. The van der Waals surface area contributed by atoms with Gasteiger partial charge < -0.3 is 4.74 Å². The van der Waals surface area contributed by atoms with E-state index in [-0.39, 0.29) is 11.6 Å². The maximum atomic E-state index is 5.51. The van der Waals surface area contributed by atoms with Crippen LogP contribution in [0.15, 0.2) is 11.7 Å². The highest BCUT2D eigenvalue weighted by molar-refractivity contribution is 7.09. The lowest BCUT2D eigenvalue weighted by molar-refractivity contribution is -0.00986. The smallest absolute Gasteiger partial charge is 0.0794 e. The van der Waals surface area contributed by atoms with Gasteiger partial charge in [0.05, 0.1) is 17.2 Å². The number of nitrogens with zero attached hydrogens (tertiary/aromatic N) is 1. The molecule has 0 radical (unpaired) electrons. The second-order valence-electron chi connectivity index (χ2n) is 3.70. The van der Waals surface area contributed by atoms with Crippen molar-refractivity contribution >= 4 is 11.3 Å². The van der Waals surface area contributed by atoms with E-state index in [1.807, 2.05) is 25.6 Å². The topological polar surface area (TPSA) is 60.2 Å². The highest BCUT2D eigenvalue weighted by Gasteiger charge is 2.28. The molecule has 0 aliphatic carbocycles. The summed E-state index contributed by atoms with van der Waals surface area (Å²) >= 11 is 1.63. The van der Waals surface area contributed by atoms with Gasteiger partial charge in [-0.25, -0.2) is 0 Å². The molecule has 1 unspecified atom stereocenters. The highest BCUT2D eigenvalue weighted by atomic mass is 32.1. The summed E-state index contributed by atoms with van der Waals surface area (Å²) in [5, 5.41) is 0. The Hall–Kier alpha value is -0.490. The number of hydrazine groups is 1. The number of nitrogens with one attached hydrogen (secondary N) is 1. The lowest BCUT2D eigenvalue weighted by atomic mass is 9.96. The molecule has 0 amide bonds. The monoisotopic (exact) mass is 215 g/mol. The lowest BCUT2D eigenvalue weighted by Gasteiger charge is -2.32. The van der Waals surface area contributed by atoms with Gasteiger partial charge in [0.15, 0.2) is 0 Å².